The summed E-state index contributed by atoms with van der Waals surface area (Å²) in [7, 11) is 0. The Morgan fingerprint density at radius 2 is 2.06 bits per heavy atom. The highest BCUT2D eigenvalue weighted by molar-refractivity contribution is 5.87. The van der Waals surface area contributed by atoms with Crippen LogP contribution in [0.1, 0.15) is 32.6 Å². The molecule has 0 aliphatic rings. The summed E-state index contributed by atoms with van der Waals surface area (Å²) in [5.74, 6) is -1.78. The van der Waals surface area contributed by atoms with Crippen molar-refractivity contribution in [1.82, 2.24) is 0 Å². The lowest BCUT2D eigenvalue weighted by atomic mass is 10.2. The highest BCUT2D eigenvalue weighted by Crippen LogP contribution is 2.00. The van der Waals surface area contributed by atoms with Crippen LogP contribution in [-0.4, -0.2) is 34.9 Å². The van der Waals surface area contributed by atoms with E-state index in [9.17, 15) is 9.59 Å². The smallest absolute Gasteiger partial charge is 0.345 e. The molecule has 2 N–H and O–H groups in total. The molecule has 0 heterocycles. The van der Waals surface area contributed by atoms with E-state index in [1.54, 1.807) is 0 Å². The van der Waals surface area contributed by atoms with Crippen LogP contribution in [0.4, 0.5) is 0 Å². The number of allylic oxidation sites excluding steroid dienone is 2. The van der Waals surface area contributed by atoms with Gasteiger partial charge in [-0.2, -0.15) is 0 Å². The van der Waals surface area contributed by atoms with Crippen molar-refractivity contribution in [3.05, 3.63) is 12.2 Å². The fraction of sp³-hybridized carbons (Fsp3) is 0.636. The molecule has 5 nitrogen and oxygen atoms in total. The molecule has 0 radical (unpaired) electrons. The van der Waals surface area contributed by atoms with Crippen LogP contribution in [-0.2, 0) is 14.3 Å². The summed E-state index contributed by atoms with van der Waals surface area (Å²) in [5.41, 5.74) is 0. The second kappa shape index (κ2) is 9.06. The fourth-order valence-corrected chi connectivity index (χ4v) is 0.955. The number of carbonyl (C=O) groups is 2. The van der Waals surface area contributed by atoms with E-state index in [0.717, 1.165) is 12.8 Å². The molecule has 92 valence electrons. The van der Waals surface area contributed by atoms with E-state index in [1.807, 2.05) is 19.1 Å². The predicted octanol–water partition coefficient (Wildman–Crippen LogP) is 0.546. The van der Waals surface area contributed by atoms with Gasteiger partial charge in [0.15, 0.2) is 6.10 Å². The number of carbonyl (C=O) groups excluding carboxylic acids is 2. The molecule has 0 amide bonds. The molecule has 1 unspecified atom stereocenters. The molecule has 0 rings (SSSR count). The van der Waals surface area contributed by atoms with Crippen LogP contribution in [0.2, 0.25) is 0 Å². The quantitative estimate of drug-likeness (QED) is 0.289. The molecular formula is C11H18O5. The second-order valence-corrected chi connectivity index (χ2v) is 3.26. The largest absolute Gasteiger partial charge is 0.393 e. The van der Waals surface area contributed by atoms with E-state index >= 15 is 0 Å². The summed E-state index contributed by atoms with van der Waals surface area (Å²) in [4.78, 5) is 21.9. The Morgan fingerprint density at radius 1 is 1.38 bits per heavy atom. The van der Waals surface area contributed by atoms with Crippen molar-refractivity contribution < 1.29 is 24.5 Å². The predicted molar refractivity (Wildman–Crippen MR) is 57.5 cm³/mol. The first-order chi connectivity index (χ1) is 7.61. The third-order valence-corrected chi connectivity index (χ3v) is 1.81. The van der Waals surface area contributed by atoms with Gasteiger partial charge in [0.05, 0.1) is 6.61 Å². The molecule has 5 heteroatoms. The first-order valence-electron chi connectivity index (χ1n) is 5.30. The molecule has 0 aromatic carbocycles. The van der Waals surface area contributed by atoms with Crippen molar-refractivity contribution in [1.29, 1.82) is 0 Å². The normalized spacial score (nSPS) is 12.7. The number of esters is 2. The molecule has 0 aromatic rings. The first-order valence-corrected chi connectivity index (χ1v) is 5.30. The molecule has 0 aliphatic heterocycles. The number of aliphatic hydroxyl groups excluding tert-OH is 2. The van der Waals surface area contributed by atoms with Crippen LogP contribution in [0.3, 0.4) is 0 Å². The summed E-state index contributed by atoms with van der Waals surface area (Å²) in [6.45, 7) is 1.27. The number of hydrogen-bond donors (Lipinski definition) is 2. The fourth-order valence-electron chi connectivity index (χ4n) is 0.955. The van der Waals surface area contributed by atoms with Crippen molar-refractivity contribution >= 4 is 11.9 Å². The van der Waals surface area contributed by atoms with E-state index in [4.69, 9.17) is 10.2 Å². The molecule has 0 spiro atoms. The summed E-state index contributed by atoms with van der Waals surface area (Å²) in [5, 5.41) is 17.2. The summed E-state index contributed by atoms with van der Waals surface area (Å²) in [6, 6.07) is 0. The van der Waals surface area contributed by atoms with E-state index in [1.165, 1.54) is 0 Å². The van der Waals surface area contributed by atoms with Gasteiger partial charge in [-0.25, -0.2) is 4.79 Å². The maximum atomic E-state index is 11.0. The highest BCUT2D eigenvalue weighted by Gasteiger charge is 2.18. The van der Waals surface area contributed by atoms with E-state index < -0.39 is 24.6 Å². The average Bonchev–Trinajstić information content (AvgIpc) is 2.27. The van der Waals surface area contributed by atoms with Crippen LogP contribution in [0.5, 0.6) is 0 Å². The zero-order valence-electron chi connectivity index (χ0n) is 9.39. The van der Waals surface area contributed by atoms with Gasteiger partial charge >= 0.3 is 11.9 Å². The van der Waals surface area contributed by atoms with Crippen LogP contribution < -0.4 is 0 Å². The third-order valence-electron chi connectivity index (χ3n) is 1.81. The Kier molecular flexibility index (Phi) is 8.38. The van der Waals surface area contributed by atoms with Gasteiger partial charge in [-0.3, -0.25) is 4.79 Å². The molecule has 16 heavy (non-hydrogen) atoms. The maximum absolute atomic E-state index is 11.0. The topological polar surface area (TPSA) is 83.8 Å². The van der Waals surface area contributed by atoms with Gasteiger partial charge in [0.25, 0.3) is 0 Å². The lowest BCUT2D eigenvalue weighted by Gasteiger charge is -2.05. The Balaban J connectivity index is 3.66. The molecule has 0 saturated carbocycles. The Labute approximate surface area is 94.7 Å². The number of rotatable bonds is 7. The summed E-state index contributed by atoms with van der Waals surface area (Å²) in [6.07, 6.45) is 4.73. The van der Waals surface area contributed by atoms with Crippen molar-refractivity contribution in [2.75, 3.05) is 6.61 Å². The Morgan fingerprint density at radius 3 is 2.62 bits per heavy atom. The lowest BCUT2D eigenvalue weighted by molar-refractivity contribution is -0.167. The van der Waals surface area contributed by atoms with Crippen molar-refractivity contribution in [3.63, 3.8) is 0 Å². The molecule has 0 aliphatic carbocycles. The standard InChI is InChI=1S/C11H18O5/c1-2-3-4-5-6-7-10(14)16-11(15)9(13)8-12/h3-4,9,12-13H,2,5-8H2,1H3. The number of hydrogen-bond acceptors (Lipinski definition) is 5. The van der Waals surface area contributed by atoms with Gasteiger partial charge in [0.1, 0.15) is 0 Å². The van der Waals surface area contributed by atoms with Crippen LogP contribution >= 0.6 is 0 Å². The van der Waals surface area contributed by atoms with E-state index in [-0.39, 0.29) is 6.42 Å². The van der Waals surface area contributed by atoms with Gasteiger partial charge < -0.3 is 14.9 Å². The van der Waals surface area contributed by atoms with Gasteiger partial charge in [-0.1, -0.05) is 19.1 Å². The average molecular weight is 230 g/mol. The number of ether oxygens (including phenoxy) is 1. The Hall–Kier alpha value is -1.20. The molecule has 0 saturated heterocycles. The monoisotopic (exact) mass is 230 g/mol. The van der Waals surface area contributed by atoms with Crippen LogP contribution in [0.25, 0.3) is 0 Å². The molecule has 1 atom stereocenters. The lowest BCUT2D eigenvalue weighted by Crippen LogP contribution is -2.28. The van der Waals surface area contributed by atoms with Crippen LogP contribution in [0, 0.1) is 0 Å². The summed E-state index contributed by atoms with van der Waals surface area (Å²) >= 11 is 0. The van der Waals surface area contributed by atoms with Gasteiger partial charge in [0.2, 0.25) is 0 Å². The highest BCUT2D eigenvalue weighted by atomic mass is 16.6. The van der Waals surface area contributed by atoms with Crippen molar-refractivity contribution in [2.45, 2.75) is 38.7 Å². The minimum Gasteiger partial charge on any atom is -0.393 e. The number of aliphatic hydroxyl groups is 2. The minimum atomic E-state index is -1.64. The summed E-state index contributed by atoms with van der Waals surface area (Å²) < 4.78 is 4.30. The molecule has 0 bridgehead atoms. The molecular weight excluding hydrogens is 212 g/mol. The van der Waals surface area contributed by atoms with Gasteiger partial charge in [-0.05, 0) is 19.3 Å². The van der Waals surface area contributed by atoms with Crippen molar-refractivity contribution in [3.8, 4) is 0 Å². The van der Waals surface area contributed by atoms with E-state index in [0.29, 0.717) is 6.42 Å². The second-order valence-electron chi connectivity index (χ2n) is 3.26. The SMILES string of the molecule is CCC=CCCCC(=O)OC(=O)C(O)CO. The number of unbranched alkanes of at least 4 members (excludes halogenated alkanes) is 1. The van der Waals surface area contributed by atoms with E-state index in [2.05, 4.69) is 4.74 Å². The molecule has 0 aromatic heterocycles. The first kappa shape index (κ1) is 14.8. The van der Waals surface area contributed by atoms with Gasteiger partial charge in [-0.15, -0.1) is 0 Å². The minimum absolute atomic E-state index is 0.123. The maximum Gasteiger partial charge on any atom is 0.345 e. The van der Waals surface area contributed by atoms with Gasteiger partial charge in [0, 0.05) is 6.42 Å². The Bertz CT molecular complexity index is 247. The molecule has 0 fully saturated rings. The zero-order chi connectivity index (χ0) is 12.4. The van der Waals surface area contributed by atoms with Crippen LogP contribution in [0.15, 0.2) is 12.2 Å². The third kappa shape index (κ3) is 7.14. The van der Waals surface area contributed by atoms with Crippen molar-refractivity contribution in [2.24, 2.45) is 0 Å². The zero-order valence-corrected chi connectivity index (χ0v) is 9.39.